The molecule has 146 valence electrons. The molecule has 0 radical (unpaired) electrons. The highest BCUT2D eigenvalue weighted by Gasteiger charge is 2.10. The third kappa shape index (κ3) is 6.48. The van der Waals surface area contributed by atoms with E-state index in [0.717, 1.165) is 12.8 Å². The van der Waals surface area contributed by atoms with Crippen molar-refractivity contribution in [1.29, 1.82) is 5.26 Å². The standard InChI is InChI=1S/C23H26N2O3/c1-3-27-21-13-12-19(16-22(21)28-4-2)15-20(17-24)23(26)25-14-8-11-18-9-6-5-7-10-18/h5-7,9-10,12-13,15-16H,3-4,8,11,14H2,1-2H3,(H,25,26)/b20-15-. The molecule has 5 nitrogen and oxygen atoms in total. The van der Waals surface area contributed by atoms with Crippen LogP contribution < -0.4 is 14.8 Å². The number of hydrogen-bond donors (Lipinski definition) is 1. The molecule has 0 atom stereocenters. The SMILES string of the molecule is CCOc1ccc(/C=C(/C#N)C(=O)NCCCc2ccccc2)cc1OCC. The summed E-state index contributed by atoms with van der Waals surface area (Å²) in [7, 11) is 0. The number of benzene rings is 2. The van der Waals surface area contributed by atoms with Crippen LogP contribution in [0.2, 0.25) is 0 Å². The highest BCUT2D eigenvalue weighted by Crippen LogP contribution is 2.29. The van der Waals surface area contributed by atoms with E-state index in [4.69, 9.17) is 9.47 Å². The minimum Gasteiger partial charge on any atom is -0.490 e. The predicted molar refractivity (Wildman–Crippen MR) is 110 cm³/mol. The van der Waals surface area contributed by atoms with Crippen LogP contribution in [0.4, 0.5) is 0 Å². The van der Waals surface area contributed by atoms with E-state index in [1.165, 1.54) is 5.56 Å². The van der Waals surface area contributed by atoms with E-state index in [1.807, 2.05) is 38.1 Å². The van der Waals surface area contributed by atoms with E-state index in [2.05, 4.69) is 17.4 Å². The molecule has 2 aromatic rings. The lowest BCUT2D eigenvalue weighted by atomic mass is 10.1. The Hall–Kier alpha value is -3.26. The zero-order chi connectivity index (χ0) is 20.2. The van der Waals surface area contributed by atoms with Crippen molar-refractivity contribution in [3.05, 3.63) is 65.2 Å². The molecule has 1 N–H and O–H groups in total. The quantitative estimate of drug-likeness (QED) is 0.383. The summed E-state index contributed by atoms with van der Waals surface area (Å²) >= 11 is 0. The van der Waals surface area contributed by atoms with Crippen molar-refractivity contribution in [1.82, 2.24) is 5.32 Å². The number of carbonyl (C=O) groups excluding carboxylic acids is 1. The molecule has 0 saturated heterocycles. The van der Waals surface area contributed by atoms with E-state index in [0.29, 0.717) is 36.8 Å². The van der Waals surface area contributed by atoms with Gasteiger partial charge in [0.05, 0.1) is 13.2 Å². The molecule has 2 rings (SSSR count). The van der Waals surface area contributed by atoms with Gasteiger partial charge in [0.15, 0.2) is 11.5 Å². The van der Waals surface area contributed by atoms with Crippen molar-refractivity contribution in [3.8, 4) is 17.6 Å². The maximum Gasteiger partial charge on any atom is 0.261 e. The third-order valence-electron chi connectivity index (χ3n) is 4.01. The number of rotatable bonds is 10. The molecule has 5 heteroatoms. The van der Waals surface area contributed by atoms with Gasteiger partial charge in [-0.2, -0.15) is 5.26 Å². The van der Waals surface area contributed by atoms with Crippen molar-refractivity contribution in [3.63, 3.8) is 0 Å². The Balaban J connectivity index is 1.98. The highest BCUT2D eigenvalue weighted by molar-refractivity contribution is 6.01. The Labute approximate surface area is 166 Å². The summed E-state index contributed by atoms with van der Waals surface area (Å²) in [4.78, 5) is 12.3. The van der Waals surface area contributed by atoms with Gasteiger partial charge < -0.3 is 14.8 Å². The third-order valence-corrected chi connectivity index (χ3v) is 4.01. The molecule has 0 aliphatic heterocycles. The number of amides is 1. The van der Waals surface area contributed by atoms with Crippen LogP contribution in [0.3, 0.4) is 0 Å². The first-order valence-corrected chi connectivity index (χ1v) is 9.51. The van der Waals surface area contributed by atoms with Gasteiger partial charge in [0.2, 0.25) is 0 Å². The summed E-state index contributed by atoms with van der Waals surface area (Å²) in [6, 6.07) is 17.4. The molecule has 0 bridgehead atoms. The lowest BCUT2D eigenvalue weighted by molar-refractivity contribution is -0.117. The summed E-state index contributed by atoms with van der Waals surface area (Å²) in [6.07, 6.45) is 3.25. The van der Waals surface area contributed by atoms with Crippen LogP contribution in [-0.2, 0) is 11.2 Å². The summed E-state index contributed by atoms with van der Waals surface area (Å²) in [6.45, 7) is 5.34. The fourth-order valence-electron chi connectivity index (χ4n) is 2.71. The Morgan fingerprint density at radius 2 is 1.79 bits per heavy atom. The molecular weight excluding hydrogens is 352 g/mol. The Morgan fingerprint density at radius 3 is 2.46 bits per heavy atom. The fraction of sp³-hybridized carbons (Fsp3) is 0.304. The molecule has 0 aliphatic rings. The van der Waals surface area contributed by atoms with Crippen LogP contribution in [0, 0.1) is 11.3 Å². The lowest BCUT2D eigenvalue weighted by Crippen LogP contribution is -2.25. The maximum absolute atomic E-state index is 12.3. The molecule has 1 amide bonds. The largest absolute Gasteiger partial charge is 0.490 e. The van der Waals surface area contributed by atoms with Crippen molar-refractivity contribution < 1.29 is 14.3 Å². The Morgan fingerprint density at radius 1 is 1.07 bits per heavy atom. The minimum atomic E-state index is -0.373. The average molecular weight is 378 g/mol. The maximum atomic E-state index is 12.3. The summed E-state index contributed by atoms with van der Waals surface area (Å²) in [5.74, 6) is 0.867. The van der Waals surface area contributed by atoms with Gasteiger partial charge in [-0.05, 0) is 56.0 Å². The van der Waals surface area contributed by atoms with Gasteiger partial charge in [-0.1, -0.05) is 36.4 Å². The summed E-state index contributed by atoms with van der Waals surface area (Å²) in [5, 5.41) is 12.2. The predicted octanol–water partition coefficient (Wildman–Crippen LogP) is 4.14. The zero-order valence-corrected chi connectivity index (χ0v) is 16.4. The average Bonchev–Trinajstić information content (AvgIpc) is 2.72. The Bertz CT molecular complexity index is 839. The number of aryl methyl sites for hydroxylation is 1. The van der Waals surface area contributed by atoms with Gasteiger partial charge in [-0.3, -0.25) is 4.79 Å². The molecule has 0 aromatic heterocycles. The highest BCUT2D eigenvalue weighted by atomic mass is 16.5. The van der Waals surface area contributed by atoms with Crippen LogP contribution in [0.25, 0.3) is 6.08 Å². The molecule has 2 aromatic carbocycles. The van der Waals surface area contributed by atoms with Crippen LogP contribution in [0.15, 0.2) is 54.1 Å². The number of nitriles is 1. The number of hydrogen-bond acceptors (Lipinski definition) is 4. The van der Waals surface area contributed by atoms with E-state index in [9.17, 15) is 10.1 Å². The molecule has 0 saturated carbocycles. The van der Waals surface area contributed by atoms with Crippen molar-refractivity contribution in [2.24, 2.45) is 0 Å². The second-order valence-corrected chi connectivity index (χ2v) is 6.09. The lowest BCUT2D eigenvalue weighted by Gasteiger charge is -2.11. The molecule has 0 heterocycles. The van der Waals surface area contributed by atoms with Gasteiger partial charge in [0.1, 0.15) is 11.6 Å². The smallest absolute Gasteiger partial charge is 0.261 e. The molecule has 28 heavy (non-hydrogen) atoms. The van der Waals surface area contributed by atoms with Crippen molar-refractivity contribution in [2.75, 3.05) is 19.8 Å². The molecule has 0 aliphatic carbocycles. The van der Waals surface area contributed by atoms with Crippen molar-refractivity contribution in [2.45, 2.75) is 26.7 Å². The van der Waals surface area contributed by atoms with E-state index in [1.54, 1.807) is 24.3 Å². The zero-order valence-electron chi connectivity index (χ0n) is 16.4. The first-order chi connectivity index (χ1) is 13.7. The summed E-state index contributed by atoms with van der Waals surface area (Å²) < 4.78 is 11.1. The fourth-order valence-corrected chi connectivity index (χ4v) is 2.71. The molecule has 0 spiro atoms. The normalized spacial score (nSPS) is 10.8. The first kappa shape index (κ1) is 21.0. The van der Waals surface area contributed by atoms with Crippen LogP contribution in [-0.4, -0.2) is 25.7 Å². The van der Waals surface area contributed by atoms with Gasteiger partial charge >= 0.3 is 0 Å². The molecular formula is C23H26N2O3. The van der Waals surface area contributed by atoms with E-state index in [-0.39, 0.29) is 11.5 Å². The van der Waals surface area contributed by atoms with E-state index >= 15 is 0 Å². The number of ether oxygens (including phenoxy) is 2. The van der Waals surface area contributed by atoms with Gasteiger partial charge in [-0.15, -0.1) is 0 Å². The minimum absolute atomic E-state index is 0.0614. The van der Waals surface area contributed by atoms with Crippen LogP contribution >= 0.6 is 0 Å². The molecule has 0 unspecified atom stereocenters. The Kier molecular flexibility index (Phi) is 8.61. The number of nitrogens with one attached hydrogen (secondary N) is 1. The van der Waals surface area contributed by atoms with Gasteiger partial charge in [0.25, 0.3) is 5.91 Å². The summed E-state index contributed by atoms with van der Waals surface area (Å²) in [5.41, 5.74) is 2.00. The van der Waals surface area contributed by atoms with Crippen molar-refractivity contribution >= 4 is 12.0 Å². The first-order valence-electron chi connectivity index (χ1n) is 9.51. The number of nitrogens with zero attached hydrogens (tertiary/aromatic N) is 1. The van der Waals surface area contributed by atoms with Gasteiger partial charge in [-0.25, -0.2) is 0 Å². The van der Waals surface area contributed by atoms with E-state index < -0.39 is 0 Å². The topological polar surface area (TPSA) is 71.3 Å². The second kappa shape index (κ2) is 11.5. The second-order valence-electron chi connectivity index (χ2n) is 6.09. The van der Waals surface area contributed by atoms with Gasteiger partial charge in [0, 0.05) is 6.54 Å². The monoisotopic (exact) mass is 378 g/mol. The van der Waals surface area contributed by atoms with Crippen LogP contribution in [0.1, 0.15) is 31.4 Å². The van der Waals surface area contributed by atoms with Crippen LogP contribution in [0.5, 0.6) is 11.5 Å². The number of carbonyl (C=O) groups is 1. The molecule has 0 fully saturated rings.